The summed E-state index contributed by atoms with van der Waals surface area (Å²) in [4.78, 5) is 10.3. The molecule has 0 amide bonds. The van der Waals surface area contributed by atoms with Crippen molar-refractivity contribution in [2.24, 2.45) is 5.92 Å². The molecule has 0 fully saturated rings. The first-order chi connectivity index (χ1) is 9.47. The Morgan fingerprint density at radius 3 is 2.50 bits per heavy atom. The Hall–Kier alpha value is -1.05. The van der Waals surface area contributed by atoms with Gasteiger partial charge in [-0.15, -0.1) is 0 Å². The predicted molar refractivity (Wildman–Crippen MR) is 86.7 cm³/mol. The largest absolute Gasteiger partial charge is 0.466 e. The van der Waals surface area contributed by atoms with Crippen molar-refractivity contribution in [2.45, 2.75) is 72.6 Å². The molecule has 1 aliphatic carbocycles. The highest BCUT2D eigenvalue weighted by atomic mass is 16.5. The van der Waals surface area contributed by atoms with Gasteiger partial charge in [-0.1, -0.05) is 50.0 Å². The second kappa shape index (κ2) is 11.7. The first kappa shape index (κ1) is 18.9. The van der Waals surface area contributed by atoms with Crippen LogP contribution in [0.2, 0.25) is 0 Å². The van der Waals surface area contributed by atoms with Crippen molar-refractivity contribution in [3.05, 3.63) is 23.8 Å². The van der Waals surface area contributed by atoms with Gasteiger partial charge in [0.25, 0.3) is 0 Å². The van der Waals surface area contributed by atoms with E-state index in [1.165, 1.54) is 51.0 Å². The summed E-state index contributed by atoms with van der Waals surface area (Å²) in [6.07, 6.45) is 10.8. The summed E-state index contributed by atoms with van der Waals surface area (Å²) in [6.45, 7) is 12.5. The molecule has 0 unspecified atom stereocenters. The summed E-state index contributed by atoms with van der Waals surface area (Å²) in [7, 11) is 0. The second-order valence-electron chi connectivity index (χ2n) is 5.77. The number of hydrogen-bond acceptors (Lipinski definition) is 2. The summed E-state index contributed by atoms with van der Waals surface area (Å²) in [6, 6.07) is 0. The van der Waals surface area contributed by atoms with Crippen LogP contribution in [0.5, 0.6) is 0 Å². The number of hydrogen-bond donors (Lipinski definition) is 0. The Morgan fingerprint density at radius 1 is 1.35 bits per heavy atom. The second-order valence-corrected chi connectivity index (χ2v) is 5.77. The van der Waals surface area contributed by atoms with Gasteiger partial charge in [0.15, 0.2) is 0 Å². The van der Waals surface area contributed by atoms with Crippen LogP contribution in [0.15, 0.2) is 23.8 Å². The van der Waals surface area contributed by atoms with Gasteiger partial charge in [-0.25, -0.2) is 0 Å². The van der Waals surface area contributed by atoms with Crippen molar-refractivity contribution in [3.63, 3.8) is 0 Å². The summed E-state index contributed by atoms with van der Waals surface area (Å²) < 4.78 is 4.75. The first-order valence-electron chi connectivity index (χ1n) is 7.91. The summed E-state index contributed by atoms with van der Waals surface area (Å²) in [5.41, 5.74) is 2.90. The molecule has 0 aromatic heterocycles. The molecule has 0 saturated heterocycles. The molecule has 116 valence electrons. The van der Waals surface area contributed by atoms with Gasteiger partial charge < -0.3 is 4.74 Å². The molecule has 0 heterocycles. The van der Waals surface area contributed by atoms with Crippen LogP contribution < -0.4 is 0 Å². The van der Waals surface area contributed by atoms with Gasteiger partial charge in [0, 0.05) is 6.92 Å². The van der Waals surface area contributed by atoms with Gasteiger partial charge in [0.2, 0.25) is 0 Å². The third kappa shape index (κ3) is 10.8. The summed E-state index contributed by atoms with van der Waals surface area (Å²) in [5, 5.41) is 0. The van der Waals surface area contributed by atoms with E-state index in [0.29, 0.717) is 6.61 Å². The third-order valence-corrected chi connectivity index (χ3v) is 3.64. The van der Waals surface area contributed by atoms with Crippen LogP contribution >= 0.6 is 0 Å². The standard InChI is InChI=1S/C10H16.C8H16O2/c1-8(2)10-6-4-9(3)5-7-10;1-3-4-5-6-7-10-8(2)9/h4,10H,1,5-7H2,2-3H3;3-7H2,1-2H3/t10-;/m0./s1. The van der Waals surface area contributed by atoms with Gasteiger partial charge in [0.1, 0.15) is 0 Å². The molecule has 0 saturated carbocycles. The quantitative estimate of drug-likeness (QED) is 0.368. The van der Waals surface area contributed by atoms with Crippen molar-refractivity contribution < 1.29 is 9.53 Å². The van der Waals surface area contributed by atoms with Crippen molar-refractivity contribution in [1.29, 1.82) is 0 Å². The monoisotopic (exact) mass is 280 g/mol. The average molecular weight is 280 g/mol. The van der Waals surface area contributed by atoms with E-state index in [0.717, 1.165) is 12.3 Å². The fraction of sp³-hybridized carbons (Fsp3) is 0.722. The van der Waals surface area contributed by atoms with Crippen molar-refractivity contribution in [2.75, 3.05) is 6.61 Å². The zero-order chi connectivity index (χ0) is 15.4. The molecule has 0 aliphatic heterocycles. The first-order valence-corrected chi connectivity index (χ1v) is 7.91. The molecule has 1 rings (SSSR count). The maximum absolute atomic E-state index is 10.3. The van der Waals surface area contributed by atoms with E-state index < -0.39 is 0 Å². The lowest BCUT2D eigenvalue weighted by Crippen LogP contribution is -2.04. The highest BCUT2D eigenvalue weighted by Gasteiger charge is 2.11. The fourth-order valence-corrected chi connectivity index (χ4v) is 2.16. The number of ether oxygens (including phenoxy) is 1. The number of esters is 1. The Balaban J connectivity index is 0.000000361. The number of rotatable bonds is 6. The molecule has 1 aliphatic rings. The van der Waals surface area contributed by atoms with Crippen LogP contribution in [0, 0.1) is 5.92 Å². The lowest BCUT2D eigenvalue weighted by molar-refractivity contribution is -0.141. The van der Waals surface area contributed by atoms with E-state index in [1.807, 2.05) is 0 Å². The normalized spacial score (nSPS) is 17.6. The number of carbonyl (C=O) groups is 1. The molecular formula is C18H32O2. The van der Waals surface area contributed by atoms with E-state index in [2.05, 4.69) is 33.4 Å². The topological polar surface area (TPSA) is 26.3 Å². The fourth-order valence-electron chi connectivity index (χ4n) is 2.16. The Labute approximate surface area is 125 Å². The van der Waals surface area contributed by atoms with Gasteiger partial charge in [-0.2, -0.15) is 0 Å². The van der Waals surface area contributed by atoms with Gasteiger partial charge >= 0.3 is 5.97 Å². The maximum atomic E-state index is 10.3. The minimum atomic E-state index is -0.170. The molecule has 0 radical (unpaired) electrons. The molecule has 0 aromatic carbocycles. The summed E-state index contributed by atoms with van der Waals surface area (Å²) >= 11 is 0. The highest BCUT2D eigenvalue weighted by Crippen LogP contribution is 2.27. The molecule has 0 aromatic rings. The van der Waals surface area contributed by atoms with Crippen LogP contribution in [-0.4, -0.2) is 12.6 Å². The SMILES string of the molecule is C=C(C)[C@H]1CC=C(C)CC1.CCCCCCOC(C)=O. The maximum Gasteiger partial charge on any atom is 0.302 e. The van der Waals surface area contributed by atoms with Crippen LogP contribution in [0.1, 0.15) is 72.6 Å². The Bertz CT molecular complexity index is 315. The summed E-state index contributed by atoms with van der Waals surface area (Å²) in [5.74, 6) is 0.597. The Kier molecular flexibility index (Phi) is 11.1. The number of carbonyl (C=O) groups excluding carboxylic acids is 1. The van der Waals surface area contributed by atoms with Crippen LogP contribution in [0.4, 0.5) is 0 Å². The van der Waals surface area contributed by atoms with E-state index in [4.69, 9.17) is 4.74 Å². The van der Waals surface area contributed by atoms with Crippen molar-refractivity contribution in [1.82, 2.24) is 0 Å². The molecule has 2 nitrogen and oxygen atoms in total. The van der Waals surface area contributed by atoms with E-state index in [-0.39, 0.29) is 5.97 Å². The molecular weight excluding hydrogens is 248 g/mol. The smallest absolute Gasteiger partial charge is 0.302 e. The van der Waals surface area contributed by atoms with Crippen molar-refractivity contribution in [3.8, 4) is 0 Å². The van der Waals surface area contributed by atoms with Gasteiger partial charge in [0.05, 0.1) is 6.61 Å². The molecule has 0 spiro atoms. The number of allylic oxidation sites excluding steroid dienone is 3. The predicted octanol–water partition coefficient (Wildman–Crippen LogP) is 5.44. The minimum absolute atomic E-state index is 0.170. The molecule has 1 atom stereocenters. The van der Waals surface area contributed by atoms with Crippen molar-refractivity contribution >= 4 is 5.97 Å². The highest BCUT2D eigenvalue weighted by molar-refractivity contribution is 5.65. The zero-order valence-electron chi connectivity index (χ0n) is 13.8. The van der Waals surface area contributed by atoms with E-state index in [1.54, 1.807) is 5.57 Å². The average Bonchev–Trinajstić information content (AvgIpc) is 2.39. The lowest BCUT2D eigenvalue weighted by atomic mass is 9.86. The van der Waals surface area contributed by atoms with Crippen LogP contribution in [0.25, 0.3) is 0 Å². The zero-order valence-corrected chi connectivity index (χ0v) is 13.8. The van der Waals surface area contributed by atoms with E-state index in [9.17, 15) is 4.79 Å². The van der Waals surface area contributed by atoms with E-state index >= 15 is 0 Å². The molecule has 20 heavy (non-hydrogen) atoms. The lowest BCUT2D eigenvalue weighted by Gasteiger charge is -2.19. The van der Waals surface area contributed by atoms with Gasteiger partial charge in [-0.3, -0.25) is 4.79 Å². The molecule has 0 bridgehead atoms. The van der Waals surface area contributed by atoms with Crippen LogP contribution in [-0.2, 0) is 9.53 Å². The molecule has 2 heteroatoms. The number of unbranched alkanes of at least 4 members (excludes halogenated alkanes) is 3. The molecule has 0 N–H and O–H groups in total. The van der Waals surface area contributed by atoms with Gasteiger partial charge in [-0.05, 0) is 45.4 Å². The minimum Gasteiger partial charge on any atom is -0.466 e. The Morgan fingerprint density at radius 2 is 2.05 bits per heavy atom. The third-order valence-electron chi connectivity index (χ3n) is 3.64. The van der Waals surface area contributed by atoms with Crippen LogP contribution in [0.3, 0.4) is 0 Å².